The number of rotatable bonds is 3. The molecule has 27 heavy (non-hydrogen) atoms. The summed E-state index contributed by atoms with van der Waals surface area (Å²) in [6.45, 7) is 3.98. The van der Waals surface area contributed by atoms with Crippen LogP contribution in [0.1, 0.15) is 21.9 Å². The summed E-state index contributed by atoms with van der Waals surface area (Å²) in [7, 11) is 0. The van der Waals surface area contributed by atoms with E-state index in [1.54, 1.807) is 16.0 Å². The van der Waals surface area contributed by atoms with Crippen LogP contribution in [0, 0.1) is 0 Å². The van der Waals surface area contributed by atoms with E-state index in [0.29, 0.717) is 57.5 Å². The second-order valence-corrected chi connectivity index (χ2v) is 6.60. The van der Waals surface area contributed by atoms with Crippen LogP contribution in [0.4, 0.5) is 4.79 Å². The van der Waals surface area contributed by atoms with Gasteiger partial charge in [-0.1, -0.05) is 30.3 Å². The van der Waals surface area contributed by atoms with E-state index in [1.165, 1.54) is 0 Å². The maximum atomic E-state index is 12.6. The van der Waals surface area contributed by atoms with Gasteiger partial charge in [-0.15, -0.1) is 0 Å². The van der Waals surface area contributed by atoms with Gasteiger partial charge in [-0.3, -0.25) is 9.69 Å². The Bertz CT molecular complexity index is 814. The van der Waals surface area contributed by atoms with Crippen molar-refractivity contribution in [1.29, 1.82) is 0 Å². The van der Waals surface area contributed by atoms with Crippen LogP contribution >= 0.6 is 0 Å². The Hall–Kier alpha value is -2.87. The molecular formula is C19H22N4O4. The van der Waals surface area contributed by atoms with Crippen LogP contribution in [0.15, 0.2) is 36.5 Å². The van der Waals surface area contributed by atoms with E-state index in [0.717, 1.165) is 5.56 Å². The van der Waals surface area contributed by atoms with Gasteiger partial charge >= 0.3 is 6.09 Å². The highest BCUT2D eigenvalue weighted by Crippen LogP contribution is 2.16. The SMILES string of the molecule is O=C(OCc1ccccc1)N1CCn2cc(C(=O)N3CCOCC3)nc2C1. The fraction of sp³-hybridized carbons (Fsp3) is 0.421. The number of imidazole rings is 1. The first kappa shape index (κ1) is 17.5. The van der Waals surface area contributed by atoms with Gasteiger partial charge in [-0.2, -0.15) is 0 Å². The van der Waals surface area contributed by atoms with Crippen molar-refractivity contribution in [2.45, 2.75) is 19.7 Å². The number of fused-ring (bicyclic) bond motifs is 1. The second-order valence-electron chi connectivity index (χ2n) is 6.60. The minimum atomic E-state index is -0.367. The zero-order chi connectivity index (χ0) is 18.6. The van der Waals surface area contributed by atoms with Gasteiger partial charge < -0.3 is 18.9 Å². The molecule has 8 heteroatoms. The standard InChI is InChI=1S/C19H22N4O4/c24-18(21-8-10-26-11-9-21)16-12-22-6-7-23(13-17(22)20-16)19(25)27-14-15-4-2-1-3-5-15/h1-5,12H,6-11,13-14H2. The Morgan fingerprint density at radius 1 is 1.04 bits per heavy atom. The molecule has 1 aromatic carbocycles. The average Bonchev–Trinajstić information content (AvgIpc) is 3.16. The smallest absolute Gasteiger partial charge is 0.410 e. The molecule has 0 radical (unpaired) electrons. The van der Waals surface area contributed by atoms with Crippen LogP contribution in [-0.2, 0) is 29.2 Å². The van der Waals surface area contributed by atoms with Gasteiger partial charge in [0.2, 0.25) is 0 Å². The van der Waals surface area contributed by atoms with Crippen molar-refractivity contribution in [2.24, 2.45) is 0 Å². The molecule has 0 spiro atoms. The molecule has 2 aliphatic heterocycles. The number of carbonyl (C=O) groups is 2. The molecule has 8 nitrogen and oxygen atoms in total. The van der Waals surface area contributed by atoms with Crippen LogP contribution < -0.4 is 0 Å². The van der Waals surface area contributed by atoms with E-state index >= 15 is 0 Å². The Balaban J connectivity index is 1.37. The number of hydrogen-bond acceptors (Lipinski definition) is 5. The summed E-state index contributed by atoms with van der Waals surface area (Å²) in [4.78, 5) is 32.8. The van der Waals surface area contributed by atoms with Crippen LogP contribution in [0.3, 0.4) is 0 Å². The van der Waals surface area contributed by atoms with E-state index < -0.39 is 0 Å². The van der Waals surface area contributed by atoms with E-state index in [-0.39, 0.29) is 18.6 Å². The van der Waals surface area contributed by atoms with Crippen molar-refractivity contribution in [1.82, 2.24) is 19.4 Å². The van der Waals surface area contributed by atoms with Crippen LogP contribution in [-0.4, -0.2) is 64.2 Å². The summed E-state index contributed by atoms with van der Waals surface area (Å²) in [5, 5.41) is 0. The van der Waals surface area contributed by atoms with Gasteiger partial charge in [-0.25, -0.2) is 9.78 Å². The van der Waals surface area contributed by atoms with Gasteiger partial charge in [0.05, 0.1) is 19.8 Å². The molecule has 2 aromatic rings. The third-order valence-corrected chi connectivity index (χ3v) is 4.78. The van der Waals surface area contributed by atoms with Gasteiger partial charge in [0, 0.05) is 32.4 Å². The number of ether oxygens (including phenoxy) is 2. The molecule has 0 N–H and O–H groups in total. The molecule has 2 amide bonds. The van der Waals surface area contributed by atoms with Crippen molar-refractivity contribution in [2.75, 3.05) is 32.8 Å². The maximum Gasteiger partial charge on any atom is 0.410 e. The van der Waals surface area contributed by atoms with Crippen LogP contribution in [0.5, 0.6) is 0 Å². The Labute approximate surface area is 157 Å². The van der Waals surface area contributed by atoms with Crippen LogP contribution in [0.2, 0.25) is 0 Å². The lowest BCUT2D eigenvalue weighted by Crippen LogP contribution is -2.40. The number of hydrogen-bond donors (Lipinski definition) is 0. The summed E-state index contributed by atoms with van der Waals surface area (Å²) >= 11 is 0. The van der Waals surface area contributed by atoms with Crippen molar-refractivity contribution in [3.05, 3.63) is 53.6 Å². The van der Waals surface area contributed by atoms with E-state index in [9.17, 15) is 9.59 Å². The summed E-state index contributed by atoms with van der Waals surface area (Å²) < 4.78 is 12.6. The minimum absolute atomic E-state index is 0.0848. The predicted octanol–water partition coefficient (Wildman–Crippen LogP) is 1.51. The molecule has 1 fully saturated rings. The van der Waals surface area contributed by atoms with Gasteiger partial charge in [0.1, 0.15) is 18.1 Å². The number of amides is 2. The summed E-state index contributed by atoms with van der Waals surface area (Å²) in [6.07, 6.45) is 1.41. The number of nitrogens with zero attached hydrogens (tertiary/aromatic N) is 4. The summed E-state index contributed by atoms with van der Waals surface area (Å²) in [5.41, 5.74) is 1.37. The largest absolute Gasteiger partial charge is 0.445 e. The average molecular weight is 370 g/mol. The lowest BCUT2D eigenvalue weighted by molar-refractivity contribution is 0.0299. The quantitative estimate of drug-likeness (QED) is 0.819. The predicted molar refractivity (Wildman–Crippen MR) is 96.0 cm³/mol. The van der Waals surface area contributed by atoms with Crippen LogP contribution in [0.25, 0.3) is 0 Å². The third kappa shape index (κ3) is 3.95. The molecule has 2 aliphatic rings. The molecule has 4 rings (SSSR count). The van der Waals surface area contributed by atoms with Crippen molar-refractivity contribution in [3.63, 3.8) is 0 Å². The van der Waals surface area contributed by atoms with Gasteiger partial charge in [0.15, 0.2) is 0 Å². The highest BCUT2D eigenvalue weighted by atomic mass is 16.6. The lowest BCUT2D eigenvalue weighted by atomic mass is 10.2. The first-order valence-electron chi connectivity index (χ1n) is 9.09. The third-order valence-electron chi connectivity index (χ3n) is 4.78. The highest BCUT2D eigenvalue weighted by molar-refractivity contribution is 5.92. The Morgan fingerprint density at radius 2 is 1.81 bits per heavy atom. The fourth-order valence-electron chi connectivity index (χ4n) is 3.25. The normalized spacial score (nSPS) is 16.7. The van der Waals surface area contributed by atoms with Crippen molar-refractivity contribution < 1.29 is 19.1 Å². The Kier molecular flexibility index (Phi) is 5.06. The number of benzene rings is 1. The second kappa shape index (κ2) is 7.79. The number of aromatic nitrogens is 2. The molecule has 0 saturated carbocycles. The van der Waals surface area contributed by atoms with E-state index in [1.807, 2.05) is 34.9 Å². The lowest BCUT2D eigenvalue weighted by Gasteiger charge is -2.26. The molecule has 1 aromatic heterocycles. The monoisotopic (exact) mass is 370 g/mol. The zero-order valence-corrected chi connectivity index (χ0v) is 15.0. The van der Waals surface area contributed by atoms with E-state index in [4.69, 9.17) is 9.47 Å². The molecule has 0 bridgehead atoms. The zero-order valence-electron chi connectivity index (χ0n) is 15.0. The van der Waals surface area contributed by atoms with Crippen molar-refractivity contribution >= 4 is 12.0 Å². The minimum Gasteiger partial charge on any atom is -0.445 e. The number of carbonyl (C=O) groups excluding carboxylic acids is 2. The molecular weight excluding hydrogens is 348 g/mol. The van der Waals surface area contributed by atoms with Gasteiger partial charge in [0.25, 0.3) is 5.91 Å². The fourth-order valence-corrected chi connectivity index (χ4v) is 3.25. The number of morpholine rings is 1. The topological polar surface area (TPSA) is 76.9 Å². The van der Waals surface area contributed by atoms with E-state index in [2.05, 4.69) is 4.98 Å². The molecule has 0 atom stereocenters. The molecule has 3 heterocycles. The summed E-state index contributed by atoms with van der Waals surface area (Å²) in [6, 6.07) is 9.58. The van der Waals surface area contributed by atoms with Crippen molar-refractivity contribution in [3.8, 4) is 0 Å². The summed E-state index contributed by atoms with van der Waals surface area (Å²) in [5.74, 6) is 0.618. The van der Waals surface area contributed by atoms with Gasteiger partial charge in [-0.05, 0) is 5.56 Å². The molecule has 142 valence electrons. The first-order chi connectivity index (χ1) is 13.2. The Morgan fingerprint density at radius 3 is 2.59 bits per heavy atom. The molecule has 0 unspecified atom stereocenters. The first-order valence-corrected chi connectivity index (χ1v) is 9.09. The highest BCUT2D eigenvalue weighted by Gasteiger charge is 2.27. The maximum absolute atomic E-state index is 12.6. The molecule has 1 saturated heterocycles. The molecule has 0 aliphatic carbocycles.